The fourth-order valence-corrected chi connectivity index (χ4v) is 2.28. The Bertz CT molecular complexity index is 486. The Labute approximate surface area is 126 Å². The molecule has 104 valence electrons. The van der Waals surface area contributed by atoms with E-state index < -0.39 is 12.0 Å². The van der Waals surface area contributed by atoms with Crippen LogP contribution in [0, 0.1) is 16.4 Å². The molecule has 19 heavy (non-hydrogen) atoms. The number of halogens is 1. The number of carbonyl (C=O) groups is 2. The topological polar surface area (TPSA) is 66.4 Å². The summed E-state index contributed by atoms with van der Waals surface area (Å²) < 4.78 is 0.987. The Morgan fingerprint density at radius 3 is 2.53 bits per heavy atom. The summed E-state index contributed by atoms with van der Waals surface area (Å²) in [5.74, 6) is -1.12. The molecule has 0 saturated heterocycles. The van der Waals surface area contributed by atoms with Crippen LogP contribution in [0.2, 0.25) is 0 Å². The van der Waals surface area contributed by atoms with Crippen LogP contribution in [0.3, 0.4) is 0 Å². The number of hydrogen-bond acceptors (Lipinski definition) is 2. The maximum Gasteiger partial charge on any atom is 0.326 e. The van der Waals surface area contributed by atoms with Gasteiger partial charge in [0.25, 0.3) is 5.91 Å². The van der Waals surface area contributed by atoms with E-state index in [1.54, 1.807) is 12.1 Å². The Balaban J connectivity index is 2.88. The highest BCUT2D eigenvalue weighted by atomic mass is 127. The first kappa shape index (κ1) is 15.9. The van der Waals surface area contributed by atoms with Gasteiger partial charge < -0.3 is 10.4 Å². The molecule has 4 nitrogen and oxygen atoms in total. The van der Waals surface area contributed by atoms with Gasteiger partial charge in [-0.1, -0.05) is 19.9 Å². The first-order valence-corrected chi connectivity index (χ1v) is 7.19. The molecule has 1 aromatic carbocycles. The van der Waals surface area contributed by atoms with Crippen molar-refractivity contribution in [3.63, 3.8) is 0 Å². The van der Waals surface area contributed by atoms with Crippen molar-refractivity contribution in [3.8, 4) is 0 Å². The van der Waals surface area contributed by atoms with Crippen molar-refractivity contribution in [2.75, 3.05) is 0 Å². The predicted molar refractivity (Wildman–Crippen MR) is 82.2 cm³/mol. The second-order valence-corrected chi connectivity index (χ2v) is 6.07. The molecule has 5 heteroatoms. The Hall–Kier alpha value is -1.11. The maximum absolute atomic E-state index is 12.1. The third kappa shape index (κ3) is 4.49. The molecular formula is C14H18INO3. The Morgan fingerprint density at radius 2 is 2.00 bits per heavy atom. The van der Waals surface area contributed by atoms with Gasteiger partial charge in [-0.25, -0.2) is 4.79 Å². The van der Waals surface area contributed by atoms with Crippen molar-refractivity contribution >= 4 is 34.5 Å². The first-order valence-electron chi connectivity index (χ1n) is 6.11. The summed E-state index contributed by atoms with van der Waals surface area (Å²) >= 11 is 2.15. The first-order chi connectivity index (χ1) is 8.82. The van der Waals surface area contributed by atoms with Crippen molar-refractivity contribution in [3.05, 3.63) is 32.9 Å². The molecule has 0 aliphatic heterocycles. The van der Waals surface area contributed by atoms with Crippen LogP contribution in [0.25, 0.3) is 0 Å². The van der Waals surface area contributed by atoms with Gasteiger partial charge in [-0.3, -0.25) is 4.79 Å². The molecule has 0 bridgehead atoms. The molecule has 0 heterocycles. The van der Waals surface area contributed by atoms with Crippen LogP contribution in [0.4, 0.5) is 0 Å². The van der Waals surface area contributed by atoms with Crippen molar-refractivity contribution in [1.82, 2.24) is 5.32 Å². The van der Waals surface area contributed by atoms with Crippen molar-refractivity contribution in [1.29, 1.82) is 0 Å². The minimum absolute atomic E-state index is 0.207. The lowest BCUT2D eigenvalue weighted by molar-refractivity contribution is -0.139. The Morgan fingerprint density at radius 1 is 1.37 bits per heavy atom. The number of carboxylic acid groups (broad SMARTS) is 1. The van der Waals surface area contributed by atoms with Gasteiger partial charge in [0.15, 0.2) is 0 Å². The highest BCUT2D eigenvalue weighted by molar-refractivity contribution is 14.1. The molecule has 0 fully saturated rings. The zero-order valence-electron chi connectivity index (χ0n) is 11.2. The molecule has 0 saturated carbocycles. The molecule has 1 amide bonds. The highest BCUT2D eigenvalue weighted by Gasteiger charge is 2.22. The summed E-state index contributed by atoms with van der Waals surface area (Å²) in [7, 11) is 0. The van der Waals surface area contributed by atoms with Crippen LogP contribution in [-0.4, -0.2) is 23.0 Å². The fourth-order valence-electron chi connectivity index (χ4n) is 1.78. The maximum atomic E-state index is 12.1. The third-order valence-corrected chi connectivity index (χ3v) is 3.99. The van der Waals surface area contributed by atoms with Gasteiger partial charge in [0.2, 0.25) is 0 Å². The largest absolute Gasteiger partial charge is 0.480 e. The van der Waals surface area contributed by atoms with Gasteiger partial charge in [0, 0.05) is 9.13 Å². The summed E-state index contributed by atoms with van der Waals surface area (Å²) in [5, 5.41) is 11.7. The van der Waals surface area contributed by atoms with Crippen molar-refractivity contribution in [2.24, 2.45) is 5.92 Å². The van der Waals surface area contributed by atoms with Crippen molar-refractivity contribution in [2.45, 2.75) is 33.2 Å². The lowest BCUT2D eigenvalue weighted by atomic mass is 10.0. The Kier molecular flexibility index (Phi) is 5.78. The number of rotatable bonds is 5. The lowest BCUT2D eigenvalue weighted by Crippen LogP contribution is -2.41. The number of hydrogen-bond donors (Lipinski definition) is 2. The van der Waals surface area contributed by atoms with E-state index in [0.717, 1.165) is 9.13 Å². The molecule has 1 unspecified atom stereocenters. The molecule has 2 N–H and O–H groups in total. The average molecular weight is 375 g/mol. The standard InChI is InChI=1S/C14H18INO3/c1-8(2)7-12(14(18)19)16-13(17)10-5-4-6-11(15)9(10)3/h4-6,8,12H,7H2,1-3H3,(H,16,17)(H,18,19). The summed E-state index contributed by atoms with van der Waals surface area (Å²) in [6.07, 6.45) is 0.421. The number of nitrogens with one attached hydrogen (secondary N) is 1. The lowest BCUT2D eigenvalue weighted by Gasteiger charge is -2.17. The monoisotopic (exact) mass is 375 g/mol. The minimum Gasteiger partial charge on any atom is -0.480 e. The van der Waals surface area contributed by atoms with Gasteiger partial charge in [-0.2, -0.15) is 0 Å². The van der Waals surface area contributed by atoms with Gasteiger partial charge >= 0.3 is 5.97 Å². The molecule has 1 atom stereocenters. The molecule has 0 aromatic heterocycles. The summed E-state index contributed by atoms with van der Waals surface area (Å²) in [4.78, 5) is 23.3. The third-order valence-electron chi connectivity index (χ3n) is 2.82. The van der Waals surface area contributed by atoms with Crippen LogP contribution in [-0.2, 0) is 4.79 Å². The quantitative estimate of drug-likeness (QED) is 0.778. The predicted octanol–water partition coefficient (Wildman–Crippen LogP) is 2.83. The second-order valence-electron chi connectivity index (χ2n) is 4.91. The molecule has 1 aromatic rings. The van der Waals surface area contributed by atoms with E-state index in [9.17, 15) is 9.59 Å². The number of carboxylic acids is 1. The summed E-state index contributed by atoms with van der Waals surface area (Å²) in [5.41, 5.74) is 1.40. The van der Waals surface area contributed by atoms with Crippen LogP contribution in [0.5, 0.6) is 0 Å². The minimum atomic E-state index is -0.995. The van der Waals surface area contributed by atoms with Crippen molar-refractivity contribution < 1.29 is 14.7 Å². The van der Waals surface area contributed by atoms with Crippen LogP contribution in [0.15, 0.2) is 18.2 Å². The van der Waals surface area contributed by atoms with E-state index in [2.05, 4.69) is 27.9 Å². The number of carbonyl (C=O) groups excluding carboxylic acids is 1. The van der Waals surface area contributed by atoms with E-state index in [1.807, 2.05) is 26.8 Å². The smallest absolute Gasteiger partial charge is 0.326 e. The van der Waals surface area contributed by atoms with E-state index >= 15 is 0 Å². The SMILES string of the molecule is Cc1c(I)cccc1C(=O)NC(CC(C)C)C(=O)O. The van der Waals surface area contributed by atoms with Crippen LogP contribution in [0.1, 0.15) is 36.2 Å². The summed E-state index contributed by atoms with van der Waals surface area (Å²) in [6.45, 7) is 5.71. The highest BCUT2D eigenvalue weighted by Crippen LogP contribution is 2.16. The molecule has 0 aliphatic carbocycles. The van der Waals surface area contributed by atoms with Gasteiger partial charge in [-0.15, -0.1) is 0 Å². The zero-order chi connectivity index (χ0) is 14.6. The number of benzene rings is 1. The van der Waals surface area contributed by atoms with Gasteiger partial charge in [0.05, 0.1) is 0 Å². The van der Waals surface area contributed by atoms with Gasteiger partial charge in [-0.05, 0) is 59.5 Å². The van der Waals surface area contributed by atoms with E-state index in [-0.39, 0.29) is 11.8 Å². The van der Waals surface area contributed by atoms with Gasteiger partial charge in [0.1, 0.15) is 6.04 Å². The van der Waals surface area contributed by atoms with Crippen LogP contribution >= 0.6 is 22.6 Å². The fraction of sp³-hybridized carbons (Fsp3) is 0.429. The number of aliphatic carboxylic acids is 1. The molecule has 0 spiro atoms. The molecule has 0 radical (unpaired) electrons. The second kappa shape index (κ2) is 6.88. The zero-order valence-corrected chi connectivity index (χ0v) is 13.4. The van der Waals surface area contributed by atoms with E-state index in [0.29, 0.717) is 12.0 Å². The van der Waals surface area contributed by atoms with Crippen LogP contribution < -0.4 is 5.32 Å². The number of amides is 1. The summed E-state index contributed by atoms with van der Waals surface area (Å²) in [6, 6.07) is 4.57. The molecule has 0 aliphatic rings. The molecular weight excluding hydrogens is 357 g/mol. The normalized spacial score (nSPS) is 12.3. The average Bonchev–Trinajstić information content (AvgIpc) is 2.31. The van der Waals surface area contributed by atoms with E-state index in [1.165, 1.54) is 0 Å². The molecule has 1 rings (SSSR count). The van der Waals surface area contributed by atoms with E-state index in [4.69, 9.17) is 5.11 Å².